The number of nitrogens with zero attached hydrogens (tertiary/aromatic N) is 3. The van der Waals surface area contributed by atoms with Crippen LogP contribution in [0.15, 0.2) is 47.3 Å². The number of fused-ring (bicyclic) bond motifs is 1. The van der Waals surface area contributed by atoms with E-state index in [9.17, 15) is 14.4 Å². The van der Waals surface area contributed by atoms with Gasteiger partial charge in [0.15, 0.2) is 0 Å². The van der Waals surface area contributed by atoms with Gasteiger partial charge in [0.2, 0.25) is 0 Å². The average Bonchev–Trinajstić information content (AvgIpc) is 3.10. The monoisotopic (exact) mass is 453 g/mol. The number of amides is 2. The molecule has 2 heterocycles. The molecule has 4 aromatic rings. The third-order valence-electron chi connectivity index (χ3n) is 6.42. The summed E-state index contributed by atoms with van der Waals surface area (Å²) in [5.74, 6) is 4.69. The molecule has 1 aliphatic rings. The Balaban J connectivity index is 1.75. The number of hydrogen-bond donors (Lipinski definition) is 1. The van der Waals surface area contributed by atoms with Gasteiger partial charge in [0.1, 0.15) is 6.61 Å². The Bertz CT molecular complexity index is 1620. The number of aromatic nitrogens is 2. The van der Waals surface area contributed by atoms with E-state index in [1.54, 1.807) is 39.5 Å². The van der Waals surface area contributed by atoms with Crippen LogP contribution in [0.5, 0.6) is 0 Å². The summed E-state index contributed by atoms with van der Waals surface area (Å²) in [6, 6.07) is 12.4. The number of carbonyl (C=O) groups is 2. The minimum atomic E-state index is -0.418. The molecular formula is C27H23N3O4. The summed E-state index contributed by atoms with van der Waals surface area (Å²) < 4.78 is 3.35. The lowest BCUT2D eigenvalue weighted by atomic mass is 9.91. The van der Waals surface area contributed by atoms with Crippen LogP contribution in [-0.4, -0.2) is 32.7 Å². The first kappa shape index (κ1) is 21.7. The second kappa shape index (κ2) is 8.01. The van der Waals surface area contributed by atoms with Crippen LogP contribution in [0, 0.1) is 18.8 Å². The first-order valence-corrected chi connectivity index (χ1v) is 11.2. The zero-order valence-corrected chi connectivity index (χ0v) is 19.2. The number of imide groups is 1. The maximum Gasteiger partial charge on any atom is 0.329 e. The first-order chi connectivity index (χ1) is 16.4. The molecule has 170 valence electrons. The fraction of sp³-hybridized carbons (Fsp3) is 0.222. The fourth-order valence-corrected chi connectivity index (χ4v) is 4.87. The van der Waals surface area contributed by atoms with Gasteiger partial charge in [-0.2, -0.15) is 0 Å². The standard InChI is InChI=1S/C27H23N3O4/c1-4-28-22-14-16(3)21(15-23(22)29(5-2)27(28)34)30-25(32)19-10-6-9-18-17(8-7-13-31)11-12-20(24(18)19)26(30)33/h6,9-12,14-15,31H,4-5,13H2,1-3H3. The second-order valence-electron chi connectivity index (χ2n) is 8.19. The highest BCUT2D eigenvalue weighted by atomic mass is 16.2. The number of aliphatic hydroxyl groups is 1. The topological polar surface area (TPSA) is 84.5 Å². The van der Waals surface area contributed by atoms with E-state index in [-0.39, 0.29) is 12.3 Å². The van der Waals surface area contributed by atoms with Gasteiger partial charge in [-0.25, -0.2) is 9.69 Å². The molecule has 7 heteroatoms. The SMILES string of the molecule is CCn1c(=O)n(CC)c2cc(N3C(=O)c4cccc5c(C#CCO)ccc(c45)C3=O)c(C)cc21. The van der Waals surface area contributed by atoms with Crippen LogP contribution in [0.4, 0.5) is 5.69 Å². The van der Waals surface area contributed by atoms with E-state index >= 15 is 0 Å². The Hall–Kier alpha value is -4.15. The highest BCUT2D eigenvalue weighted by Crippen LogP contribution is 2.36. The Morgan fingerprint density at radius 3 is 2.18 bits per heavy atom. The lowest BCUT2D eigenvalue weighted by Crippen LogP contribution is -2.41. The number of rotatable bonds is 3. The van der Waals surface area contributed by atoms with E-state index in [2.05, 4.69) is 11.8 Å². The van der Waals surface area contributed by atoms with E-state index < -0.39 is 11.8 Å². The van der Waals surface area contributed by atoms with Crippen molar-refractivity contribution >= 4 is 39.3 Å². The predicted octanol–water partition coefficient (Wildman–Crippen LogP) is 3.45. The lowest BCUT2D eigenvalue weighted by molar-refractivity contribution is 0.0893. The molecule has 1 N–H and O–H groups in total. The van der Waals surface area contributed by atoms with Gasteiger partial charge in [0, 0.05) is 35.2 Å². The van der Waals surface area contributed by atoms with E-state index in [0.717, 1.165) is 11.1 Å². The van der Waals surface area contributed by atoms with Gasteiger partial charge < -0.3 is 5.11 Å². The molecule has 0 fully saturated rings. The third kappa shape index (κ3) is 2.93. The van der Waals surface area contributed by atoms with Crippen molar-refractivity contribution in [3.63, 3.8) is 0 Å². The normalized spacial score (nSPS) is 13.0. The molecule has 1 aromatic heterocycles. The average molecular weight is 453 g/mol. The van der Waals surface area contributed by atoms with Gasteiger partial charge in [-0.15, -0.1) is 0 Å². The number of imidazole rings is 1. The van der Waals surface area contributed by atoms with Crippen molar-refractivity contribution in [2.45, 2.75) is 33.9 Å². The second-order valence-corrected chi connectivity index (χ2v) is 8.19. The quantitative estimate of drug-likeness (QED) is 0.380. The Morgan fingerprint density at radius 1 is 0.882 bits per heavy atom. The number of carbonyl (C=O) groups excluding carboxylic acids is 2. The minimum Gasteiger partial charge on any atom is -0.384 e. The fourth-order valence-electron chi connectivity index (χ4n) is 4.87. The molecule has 0 atom stereocenters. The van der Waals surface area contributed by atoms with Crippen molar-refractivity contribution in [2.75, 3.05) is 11.5 Å². The van der Waals surface area contributed by atoms with Crippen LogP contribution >= 0.6 is 0 Å². The number of anilines is 1. The van der Waals surface area contributed by atoms with Crippen LogP contribution in [0.3, 0.4) is 0 Å². The lowest BCUT2D eigenvalue weighted by Gasteiger charge is -2.28. The summed E-state index contributed by atoms with van der Waals surface area (Å²) in [4.78, 5) is 41.4. The summed E-state index contributed by atoms with van der Waals surface area (Å²) in [7, 11) is 0. The summed E-state index contributed by atoms with van der Waals surface area (Å²) in [6.07, 6.45) is 0. The van der Waals surface area contributed by atoms with Crippen LogP contribution in [0.2, 0.25) is 0 Å². The molecule has 3 aromatic carbocycles. The smallest absolute Gasteiger partial charge is 0.329 e. The van der Waals surface area contributed by atoms with Crippen molar-refractivity contribution in [3.05, 3.63) is 75.2 Å². The Morgan fingerprint density at radius 2 is 1.53 bits per heavy atom. The number of hydrogen-bond acceptors (Lipinski definition) is 4. The molecule has 0 unspecified atom stereocenters. The molecule has 7 nitrogen and oxygen atoms in total. The molecule has 2 amide bonds. The highest BCUT2D eigenvalue weighted by molar-refractivity contribution is 6.36. The predicted molar refractivity (Wildman–Crippen MR) is 131 cm³/mol. The molecule has 1 aliphatic heterocycles. The van der Waals surface area contributed by atoms with E-state index in [1.165, 1.54) is 4.90 Å². The van der Waals surface area contributed by atoms with Crippen molar-refractivity contribution < 1.29 is 14.7 Å². The van der Waals surface area contributed by atoms with E-state index in [4.69, 9.17) is 5.11 Å². The zero-order valence-electron chi connectivity index (χ0n) is 19.2. The molecule has 0 saturated heterocycles. The van der Waals surface area contributed by atoms with Gasteiger partial charge >= 0.3 is 5.69 Å². The summed E-state index contributed by atoms with van der Waals surface area (Å²) in [6.45, 7) is 6.38. The molecule has 0 radical (unpaired) electrons. The summed E-state index contributed by atoms with van der Waals surface area (Å²) >= 11 is 0. The van der Waals surface area contributed by atoms with Crippen molar-refractivity contribution in [3.8, 4) is 11.8 Å². The summed E-state index contributed by atoms with van der Waals surface area (Å²) in [5, 5.41) is 10.3. The van der Waals surface area contributed by atoms with Gasteiger partial charge in [-0.3, -0.25) is 18.7 Å². The van der Waals surface area contributed by atoms with Gasteiger partial charge in [0.25, 0.3) is 11.8 Å². The van der Waals surface area contributed by atoms with E-state index in [0.29, 0.717) is 51.8 Å². The third-order valence-corrected chi connectivity index (χ3v) is 6.42. The maximum atomic E-state index is 13.7. The van der Waals surface area contributed by atoms with Crippen LogP contribution in [-0.2, 0) is 13.1 Å². The summed E-state index contributed by atoms with van der Waals surface area (Å²) in [5.41, 5.74) is 4.02. The Labute approximate surface area is 195 Å². The largest absolute Gasteiger partial charge is 0.384 e. The molecule has 5 rings (SSSR count). The number of benzene rings is 3. The Kier molecular flexibility index (Phi) is 5.11. The molecule has 0 bridgehead atoms. The minimum absolute atomic E-state index is 0.112. The van der Waals surface area contributed by atoms with Gasteiger partial charge in [0.05, 0.1) is 16.7 Å². The van der Waals surface area contributed by atoms with Crippen LogP contribution < -0.4 is 10.6 Å². The van der Waals surface area contributed by atoms with Gasteiger partial charge in [-0.1, -0.05) is 24.0 Å². The van der Waals surface area contributed by atoms with Gasteiger partial charge in [-0.05, 0) is 62.1 Å². The van der Waals surface area contributed by atoms with Crippen LogP contribution in [0.1, 0.15) is 45.7 Å². The maximum absolute atomic E-state index is 13.7. The van der Waals surface area contributed by atoms with Crippen molar-refractivity contribution in [1.82, 2.24) is 9.13 Å². The molecule has 0 aliphatic carbocycles. The molecule has 0 saturated carbocycles. The molecule has 34 heavy (non-hydrogen) atoms. The highest BCUT2D eigenvalue weighted by Gasteiger charge is 2.35. The number of aliphatic hydroxyl groups excluding tert-OH is 1. The first-order valence-electron chi connectivity index (χ1n) is 11.2. The van der Waals surface area contributed by atoms with E-state index in [1.807, 2.05) is 32.9 Å². The molecule has 0 spiro atoms. The van der Waals surface area contributed by atoms with Crippen LogP contribution in [0.25, 0.3) is 21.8 Å². The van der Waals surface area contributed by atoms with Crippen molar-refractivity contribution in [1.29, 1.82) is 0 Å². The molecular weight excluding hydrogens is 430 g/mol. The number of aryl methyl sites for hydroxylation is 3. The van der Waals surface area contributed by atoms with Crippen molar-refractivity contribution in [2.24, 2.45) is 0 Å². The zero-order chi connectivity index (χ0) is 24.1.